The molecular formula is C16H28O2. The number of allylic oxidation sites excluding steroid dienone is 1. The van der Waals surface area contributed by atoms with Crippen LogP contribution in [0.2, 0.25) is 0 Å². The second kappa shape index (κ2) is 6.96. The Balaban J connectivity index is 3.05. The summed E-state index contributed by atoms with van der Waals surface area (Å²) < 4.78 is 0. The average Bonchev–Trinajstić information content (AvgIpc) is 2.28. The van der Waals surface area contributed by atoms with Gasteiger partial charge in [0.05, 0.1) is 0 Å². The van der Waals surface area contributed by atoms with E-state index in [0.29, 0.717) is 29.7 Å². The van der Waals surface area contributed by atoms with E-state index in [4.69, 9.17) is 0 Å². The van der Waals surface area contributed by atoms with Gasteiger partial charge in [0.15, 0.2) is 0 Å². The Bertz CT molecular complexity index is 307. The summed E-state index contributed by atoms with van der Waals surface area (Å²) in [7, 11) is 0. The molecular weight excluding hydrogens is 224 g/mol. The van der Waals surface area contributed by atoms with Gasteiger partial charge in [0.2, 0.25) is 0 Å². The van der Waals surface area contributed by atoms with E-state index in [2.05, 4.69) is 27.7 Å². The molecule has 0 aromatic rings. The molecule has 1 saturated carbocycles. The van der Waals surface area contributed by atoms with E-state index in [0.717, 1.165) is 0 Å². The lowest BCUT2D eigenvalue weighted by molar-refractivity contribution is -0.133. The van der Waals surface area contributed by atoms with Crippen molar-refractivity contribution in [2.24, 2.45) is 17.8 Å². The minimum Gasteiger partial charge on any atom is -0.478 e. The van der Waals surface area contributed by atoms with Gasteiger partial charge in [-0.05, 0) is 37.0 Å². The Labute approximate surface area is 111 Å². The van der Waals surface area contributed by atoms with Gasteiger partial charge in [-0.3, -0.25) is 0 Å². The first-order valence-electron chi connectivity index (χ1n) is 7.39. The van der Waals surface area contributed by atoms with Crippen molar-refractivity contribution in [2.75, 3.05) is 0 Å². The number of carboxylic acids is 1. The van der Waals surface area contributed by atoms with Crippen LogP contribution in [0.4, 0.5) is 0 Å². The van der Waals surface area contributed by atoms with Crippen LogP contribution in [-0.4, -0.2) is 11.1 Å². The van der Waals surface area contributed by atoms with Crippen LogP contribution in [0.1, 0.15) is 66.2 Å². The predicted molar refractivity (Wildman–Crippen MR) is 75.5 cm³/mol. The Morgan fingerprint density at radius 3 is 2.06 bits per heavy atom. The smallest absolute Gasteiger partial charge is 0.331 e. The third-order valence-corrected chi connectivity index (χ3v) is 3.89. The number of carboxylic acid groups (broad SMARTS) is 1. The molecule has 18 heavy (non-hydrogen) atoms. The molecule has 1 N–H and O–H groups in total. The Kier molecular flexibility index (Phi) is 5.90. The Hall–Kier alpha value is -0.790. The molecule has 104 valence electrons. The van der Waals surface area contributed by atoms with E-state index in [1.165, 1.54) is 37.7 Å². The van der Waals surface area contributed by atoms with Crippen LogP contribution in [-0.2, 0) is 4.79 Å². The Morgan fingerprint density at radius 2 is 1.67 bits per heavy atom. The second-order valence-corrected chi connectivity index (χ2v) is 6.33. The number of rotatable bonds is 5. The normalized spacial score (nSPS) is 19.2. The van der Waals surface area contributed by atoms with Gasteiger partial charge in [0, 0.05) is 5.57 Å². The molecule has 0 aliphatic heterocycles. The van der Waals surface area contributed by atoms with Crippen LogP contribution in [0.3, 0.4) is 0 Å². The zero-order chi connectivity index (χ0) is 13.7. The Morgan fingerprint density at radius 1 is 1.11 bits per heavy atom. The number of carbonyl (C=O) groups is 1. The maximum atomic E-state index is 11.6. The lowest BCUT2D eigenvalue weighted by Gasteiger charge is -2.29. The van der Waals surface area contributed by atoms with Gasteiger partial charge in [0.1, 0.15) is 0 Å². The lowest BCUT2D eigenvalue weighted by atomic mass is 9.76. The van der Waals surface area contributed by atoms with Crippen molar-refractivity contribution in [3.8, 4) is 0 Å². The fraction of sp³-hybridized carbons (Fsp3) is 0.812. The zero-order valence-corrected chi connectivity index (χ0v) is 12.3. The second-order valence-electron chi connectivity index (χ2n) is 6.33. The molecule has 0 heterocycles. The maximum absolute atomic E-state index is 11.6. The summed E-state index contributed by atoms with van der Waals surface area (Å²) >= 11 is 0. The summed E-state index contributed by atoms with van der Waals surface area (Å²) in [4.78, 5) is 11.6. The van der Waals surface area contributed by atoms with E-state index in [9.17, 15) is 9.90 Å². The summed E-state index contributed by atoms with van der Waals surface area (Å²) in [6, 6.07) is 0. The van der Waals surface area contributed by atoms with E-state index >= 15 is 0 Å². The molecule has 0 aromatic carbocycles. The van der Waals surface area contributed by atoms with Crippen LogP contribution in [0.25, 0.3) is 0 Å². The standard InChI is InChI=1S/C16H28O2/c1-11(2)10-14(16(17)18)15(12(3)4)13-8-6-5-7-9-13/h11-13H,5-10H2,1-4H3,(H,17,18). The summed E-state index contributed by atoms with van der Waals surface area (Å²) in [5.41, 5.74) is 1.93. The molecule has 0 aromatic heterocycles. The predicted octanol–water partition coefficient (Wildman–Crippen LogP) is 4.65. The largest absolute Gasteiger partial charge is 0.478 e. The van der Waals surface area contributed by atoms with Crippen molar-refractivity contribution >= 4 is 5.97 Å². The number of aliphatic carboxylic acids is 1. The van der Waals surface area contributed by atoms with Crippen LogP contribution >= 0.6 is 0 Å². The molecule has 0 spiro atoms. The van der Waals surface area contributed by atoms with Crippen molar-refractivity contribution in [3.05, 3.63) is 11.1 Å². The fourth-order valence-corrected chi connectivity index (χ4v) is 3.22. The molecule has 0 atom stereocenters. The number of hydrogen-bond donors (Lipinski definition) is 1. The molecule has 0 radical (unpaired) electrons. The molecule has 2 heteroatoms. The van der Waals surface area contributed by atoms with Crippen molar-refractivity contribution in [1.29, 1.82) is 0 Å². The highest BCUT2D eigenvalue weighted by atomic mass is 16.4. The quantitative estimate of drug-likeness (QED) is 0.723. The molecule has 1 fully saturated rings. The molecule has 2 nitrogen and oxygen atoms in total. The van der Waals surface area contributed by atoms with Gasteiger partial charge in [0.25, 0.3) is 0 Å². The zero-order valence-electron chi connectivity index (χ0n) is 12.3. The van der Waals surface area contributed by atoms with Gasteiger partial charge >= 0.3 is 5.97 Å². The van der Waals surface area contributed by atoms with E-state index < -0.39 is 5.97 Å². The summed E-state index contributed by atoms with van der Waals surface area (Å²) in [6.07, 6.45) is 6.91. The molecule has 0 unspecified atom stereocenters. The van der Waals surface area contributed by atoms with Gasteiger partial charge in [-0.25, -0.2) is 4.79 Å². The van der Waals surface area contributed by atoms with Crippen LogP contribution in [0, 0.1) is 17.8 Å². The first-order valence-corrected chi connectivity index (χ1v) is 7.39. The minimum absolute atomic E-state index is 0.359. The van der Waals surface area contributed by atoms with Crippen molar-refractivity contribution in [1.82, 2.24) is 0 Å². The highest BCUT2D eigenvalue weighted by Gasteiger charge is 2.26. The third-order valence-electron chi connectivity index (χ3n) is 3.89. The summed E-state index contributed by atoms with van der Waals surface area (Å²) in [5, 5.41) is 9.51. The number of hydrogen-bond acceptors (Lipinski definition) is 1. The third kappa shape index (κ3) is 4.15. The SMILES string of the molecule is CC(C)CC(C(=O)O)=C(C(C)C)C1CCCCC1. The maximum Gasteiger partial charge on any atom is 0.331 e. The molecule has 0 amide bonds. The van der Waals surface area contributed by atoms with Gasteiger partial charge in [-0.2, -0.15) is 0 Å². The highest BCUT2D eigenvalue weighted by Crippen LogP contribution is 2.36. The first-order chi connectivity index (χ1) is 8.43. The summed E-state index contributed by atoms with van der Waals surface area (Å²) in [6.45, 7) is 8.49. The van der Waals surface area contributed by atoms with Crippen molar-refractivity contribution in [2.45, 2.75) is 66.2 Å². The van der Waals surface area contributed by atoms with Crippen LogP contribution in [0.5, 0.6) is 0 Å². The summed E-state index contributed by atoms with van der Waals surface area (Å²) in [5.74, 6) is 0.591. The van der Waals surface area contributed by atoms with E-state index in [1.54, 1.807) is 0 Å². The van der Waals surface area contributed by atoms with Crippen molar-refractivity contribution < 1.29 is 9.90 Å². The molecule has 0 saturated heterocycles. The molecule has 1 rings (SSSR count). The van der Waals surface area contributed by atoms with Crippen LogP contribution < -0.4 is 0 Å². The monoisotopic (exact) mass is 252 g/mol. The molecule has 1 aliphatic carbocycles. The average molecular weight is 252 g/mol. The minimum atomic E-state index is -0.696. The topological polar surface area (TPSA) is 37.3 Å². The lowest BCUT2D eigenvalue weighted by Crippen LogP contribution is -2.19. The van der Waals surface area contributed by atoms with Crippen molar-refractivity contribution in [3.63, 3.8) is 0 Å². The first kappa shape index (κ1) is 15.3. The van der Waals surface area contributed by atoms with E-state index in [1.807, 2.05) is 0 Å². The van der Waals surface area contributed by atoms with Crippen LogP contribution in [0.15, 0.2) is 11.1 Å². The highest BCUT2D eigenvalue weighted by molar-refractivity contribution is 5.87. The molecule has 0 bridgehead atoms. The molecule has 1 aliphatic rings. The van der Waals surface area contributed by atoms with Gasteiger partial charge < -0.3 is 5.11 Å². The fourth-order valence-electron chi connectivity index (χ4n) is 3.22. The van der Waals surface area contributed by atoms with Gasteiger partial charge in [-0.15, -0.1) is 0 Å². The van der Waals surface area contributed by atoms with E-state index in [-0.39, 0.29) is 0 Å². The van der Waals surface area contributed by atoms with Gasteiger partial charge in [-0.1, -0.05) is 52.5 Å².